The first-order valence-corrected chi connectivity index (χ1v) is 15.9. The molecule has 1 aliphatic rings. The van der Waals surface area contributed by atoms with E-state index in [1.807, 2.05) is 12.1 Å². The third-order valence-corrected chi connectivity index (χ3v) is 8.38. The monoisotopic (exact) mass is 699 g/mol. The van der Waals surface area contributed by atoms with Crippen LogP contribution >= 0.6 is 0 Å². The SMILES string of the molecule is COc1ccc(CC(=O)Nc2ccc(C(=O)N(CC(=O)O)Cc3ccc(-c4noc(-c5cccc6c5CCNC6)n4)cc3)cc2)c(C(F)(F)F)c1. The summed E-state index contributed by atoms with van der Waals surface area (Å²) in [4.78, 5) is 43.5. The molecule has 1 aliphatic heterocycles. The number of hydrogen-bond acceptors (Lipinski definition) is 8. The molecule has 3 N–H and O–H groups in total. The van der Waals surface area contributed by atoms with Crippen LogP contribution in [0.2, 0.25) is 0 Å². The molecule has 262 valence electrons. The maximum Gasteiger partial charge on any atom is 0.416 e. The van der Waals surface area contributed by atoms with E-state index in [0.717, 1.165) is 36.0 Å². The third-order valence-electron chi connectivity index (χ3n) is 8.38. The molecule has 0 radical (unpaired) electrons. The minimum atomic E-state index is -4.69. The molecule has 5 aromatic rings. The molecule has 0 saturated heterocycles. The average Bonchev–Trinajstić information content (AvgIpc) is 3.61. The molecule has 4 aromatic carbocycles. The quantitative estimate of drug-likeness (QED) is 0.151. The second-order valence-corrected chi connectivity index (χ2v) is 11.9. The largest absolute Gasteiger partial charge is 0.497 e. The Hall–Kier alpha value is -6.02. The summed E-state index contributed by atoms with van der Waals surface area (Å²) in [6.07, 6.45) is -4.38. The Morgan fingerprint density at radius 1 is 1.02 bits per heavy atom. The number of benzene rings is 4. The van der Waals surface area contributed by atoms with Crippen LogP contribution in [-0.4, -0.2) is 58.1 Å². The first kappa shape index (κ1) is 34.8. The van der Waals surface area contributed by atoms with Crippen LogP contribution in [0.3, 0.4) is 0 Å². The lowest BCUT2D eigenvalue weighted by Crippen LogP contribution is -2.35. The molecule has 0 aliphatic carbocycles. The first-order valence-electron chi connectivity index (χ1n) is 15.9. The topological polar surface area (TPSA) is 147 Å². The number of carboxylic acid groups (broad SMARTS) is 1. The number of hydrogen-bond donors (Lipinski definition) is 3. The van der Waals surface area contributed by atoms with Gasteiger partial charge >= 0.3 is 12.1 Å². The smallest absolute Gasteiger partial charge is 0.416 e. The van der Waals surface area contributed by atoms with E-state index in [2.05, 4.69) is 26.8 Å². The van der Waals surface area contributed by atoms with Crippen molar-refractivity contribution in [3.63, 3.8) is 0 Å². The van der Waals surface area contributed by atoms with Gasteiger partial charge in [-0.15, -0.1) is 0 Å². The van der Waals surface area contributed by atoms with Gasteiger partial charge in [0, 0.05) is 35.5 Å². The molecule has 0 bridgehead atoms. The maximum atomic E-state index is 13.6. The Labute approximate surface area is 290 Å². The lowest BCUT2D eigenvalue weighted by atomic mass is 9.95. The Balaban J connectivity index is 1.11. The molecular formula is C37H32F3N5O6. The van der Waals surface area contributed by atoms with Gasteiger partial charge in [-0.05, 0) is 77.7 Å². The predicted octanol–water partition coefficient (Wildman–Crippen LogP) is 5.98. The van der Waals surface area contributed by atoms with Crippen molar-refractivity contribution < 1.29 is 41.9 Å². The number of ether oxygens (including phenoxy) is 1. The summed E-state index contributed by atoms with van der Waals surface area (Å²) >= 11 is 0. The number of aliphatic carboxylic acids is 1. The van der Waals surface area contributed by atoms with Gasteiger partial charge in [0.25, 0.3) is 11.8 Å². The van der Waals surface area contributed by atoms with Crippen LogP contribution in [-0.2, 0) is 41.7 Å². The van der Waals surface area contributed by atoms with Gasteiger partial charge in [-0.1, -0.05) is 47.6 Å². The van der Waals surface area contributed by atoms with Crippen LogP contribution in [0.25, 0.3) is 22.8 Å². The van der Waals surface area contributed by atoms with Crippen molar-refractivity contribution >= 4 is 23.5 Å². The number of nitrogens with one attached hydrogen (secondary N) is 2. The zero-order chi connectivity index (χ0) is 36.1. The summed E-state index contributed by atoms with van der Waals surface area (Å²) in [6, 6.07) is 22.0. The Morgan fingerprint density at radius 3 is 2.49 bits per heavy atom. The van der Waals surface area contributed by atoms with E-state index in [1.54, 1.807) is 24.3 Å². The second-order valence-electron chi connectivity index (χ2n) is 11.9. The van der Waals surface area contributed by atoms with Crippen LogP contribution < -0.4 is 15.4 Å². The van der Waals surface area contributed by atoms with Gasteiger partial charge in [0.05, 0.1) is 19.1 Å². The summed E-state index contributed by atoms with van der Waals surface area (Å²) in [5.41, 5.74) is 3.79. The molecule has 0 spiro atoms. The van der Waals surface area contributed by atoms with Crippen LogP contribution in [0.15, 0.2) is 89.5 Å². The Bertz CT molecular complexity index is 2060. The number of aromatic nitrogens is 2. The molecule has 51 heavy (non-hydrogen) atoms. The fourth-order valence-corrected chi connectivity index (χ4v) is 5.88. The summed E-state index contributed by atoms with van der Waals surface area (Å²) in [6.45, 7) is 1.05. The summed E-state index contributed by atoms with van der Waals surface area (Å²) < 4.78 is 51.2. The molecule has 11 nitrogen and oxygen atoms in total. The fraction of sp³-hybridized carbons (Fsp3) is 0.216. The van der Waals surface area contributed by atoms with Crippen molar-refractivity contribution in [2.75, 3.05) is 25.5 Å². The van der Waals surface area contributed by atoms with E-state index >= 15 is 0 Å². The number of nitrogens with zero attached hydrogens (tertiary/aromatic N) is 3. The summed E-state index contributed by atoms with van der Waals surface area (Å²) in [5, 5.41) is 19.6. The van der Waals surface area contributed by atoms with Crippen LogP contribution in [0.4, 0.5) is 18.9 Å². The number of anilines is 1. The number of amides is 2. The minimum absolute atomic E-state index is 0.0121. The number of fused-ring (bicyclic) bond motifs is 1. The highest BCUT2D eigenvalue weighted by atomic mass is 19.4. The number of carboxylic acids is 1. The second kappa shape index (κ2) is 14.8. The third kappa shape index (κ3) is 8.24. The van der Waals surface area contributed by atoms with Gasteiger partial charge < -0.3 is 29.9 Å². The summed E-state index contributed by atoms with van der Waals surface area (Å²) in [5.74, 6) is -1.66. The highest BCUT2D eigenvalue weighted by molar-refractivity contribution is 5.97. The van der Waals surface area contributed by atoms with E-state index in [9.17, 15) is 32.7 Å². The van der Waals surface area contributed by atoms with Crippen molar-refractivity contribution in [1.29, 1.82) is 0 Å². The molecular weight excluding hydrogens is 667 g/mol. The minimum Gasteiger partial charge on any atom is -0.497 e. The van der Waals surface area contributed by atoms with Gasteiger partial charge in [0.15, 0.2) is 0 Å². The highest BCUT2D eigenvalue weighted by Gasteiger charge is 2.34. The molecule has 2 amide bonds. The van der Waals surface area contributed by atoms with Crippen molar-refractivity contribution in [3.8, 4) is 28.6 Å². The number of methoxy groups -OCH3 is 1. The Kier molecular flexibility index (Phi) is 10.1. The molecule has 0 fully saturated rings. The first-order chi connectivity index (χ1) is 24.5. The van der Waals surface area contributed by atoms with Crippen LogP contribution in [0.5, 0.6) is 5.75 Å². The molecule has 0 atom stereocenters. The standard InChI is InChI=1S/C37H32F3N5O6/c1-50-28-14-11-25(31(18-28)37(38,39)40)17-32(46)42-27-12-9-24(10-13-27)36(49)45(21-33(47)48)20-22-5-7-23(8-6-22)34-43-35(51-44-34)30-4-2-3-26-19-41-16-15-29(26)30/h2-14,18,41H,15-17,19-21H2,1H3,(H,42,46)(H,47,48). The van der Waals surface area contributed by atoms with E-state index in [0.29, 0.717) is 22.8 Å². The van der Waals surface area contributed by atoms with E-state index in [4.69, 9.17) is 9.26 Å². The number of alkyl halides is 3. The maximum absolute atomic E-state index is 13.6. The number of halogens is 3. The Morgan fingerprint density at radius 2 is 1.78 bits per heavy atom. The van der Waals surface area contributed by atoms with E-state index in [-0.39, 0.29) is 29.1 Å². The van der Waals surface area contributed by atoms with Crippen molar-refractivity contribution in [2.45, 2.75) is 32.1 Å². The van der Waals surface area contributed by atoms with Gasteiger partial charge in [-0.2, -0.15) is 18.2 Å². The van der Waals surface area contributed by atoms with Crippen LogP contribution in [0, 0.1) is 0 Å². The van der Waals surface area contributed by atoms with Gasteiger partial charge in [0.1, 0.15) is 12.3 Å². The average molecular weight is 700 g/mol. The predicted molar refractivity (Wildman–Crippen MR) is 180 cm³/mol. The molecule has 2 heterocycles. The zero-order valence-corrected chi connectivity index (χ0v) is 27.3. The lowest BCUT2D eigenvalue weighted by molar-refractivity contribution is -0.139. The number of carbonyl (C=O) groups excluding carboxylic acids is 2. The molecule has 0 saturated carbocycles. The van der Waals surface area contributed by atoms with Crippen molar-refractivity contribution in [3.05, 3.63) is 118 Å². The highest BCUT2D eigenvalue weighted by Crippen LogP contribution is 2.35. The van der Waals surface area contributed by atoms with Crippen molar-refractivity contribution in [1.82, 2.24) is 20.4 Å². The fourth-order valence-electron chi connectivity index (χ4n) is 5.88. The lowest BCUT2D eigenvalue weighted by Gasteiger charge is -2.21. The summed E-state index contributed by atoms with van der Waals surface area (Å²) in [7, 11) is 1.25. The number of carbonyl (C=O) groups is 3. The van der Waals surface area contributed by atoms with E-state index < -0.39 is 42.5 Å². The van der Waals surface area contributed by atoms with Gasteiger partial charge in [-0.3, -0.25) is 14.4 Å². The normalized spacial score (nSPS) is 12.5. The van der Waals surface area contributed by atoms with Gasteiger partial charge in [0.2, 0.25) is 11.7 Å². The number of rotatable bonds is 11. The molecule has 6 rings (SSSR count). The molecule has 14 heteroatoms. The van der Waals surface area contributed by atoms with Crippen molar-refractivity contribution in [2.24, 2.45) is 0 Å². The molecule has 0 unspecified atom stereocenters. The van der Waals surface area contributed by atoms with E-state index in [1.165, 1.54) is 54.6 Å². The molecule has 1 aromatic heterocycles. The van der Waals surface area contributed by atoms with Gasteiger partial charge in [-0.25, -0.2) is 0 Å². The zero-order valence-electron chi connectivity index (χ0n) is 27.3. The van der Waals surface area contributed by atoms with Crippen LogP contribution in [0.1, 0.15) is 38.2 Å².